The molecule has 8 heteroatoms. The molecule has 0 aliphatic heterocycles. The summed E-state index contributed by atoms with van der Waals surface area (Å²) < 4.78 is 1.28. The van der Waals surface area contributed by atoms with Crippen LogP contribution in [0, 0.1) is 11.3 Å². The van der Waals surface area contributed by atoms with Crippen molar-refractivity contribution < 1.29 is 9.90 Å². The first kappa shape index (κ1) is 18.3. The maximum atomic E-state index is 13.0. The maximum absolute atomic E-state index is 13.0. The number of aromatic amines is 1. The standard InChI is InChI=1S/C23H13N5O3/c24-11-13-1-3-14(4-2-13)15-5-7-17-20(9-15)26-21-10-19(27-28(21)22(17)29)16-6-8-18(23(30)31)25-12-16/h1-10,12,26H,(H,30,31). The quantitative estimate of drug-likeness (QED) is 0.472. The van der Waals surface area contributed by atoms with Gasteiger partial charge in [-0.05, 0) is 47.5 Å². The minimum absolute atomic E-state index is 0.0651. The minimum Gasteiger partial charge on any atom is -0.477 e. The number of nitrogens with one attached hydrogen (secondary N) is 1. The van der Waals surface area contributed by atoms with E-state index in [0.717, 1.165) is 11.1 Å². The molecule has 148 valence electrons. The van der Waals surface area contributed by atoms with Crippen LogP contribution < -0.4 is 5.56 Å². The first-order chi connectivity index (χ1) is 15.0. The van der Waals surface area contributed by atoms with E-state index >= 15 is 0 Å². The van der Waals surface area contributed by atoms with Gasteiger partial charge in [-0.25, -0.2) is 9.78 Å². The molecule has 2 aromatic carbocycles. The first-order valence-electron chi connectivity index (χ1n) is 9.29. The molecule has 0 radical (unpaired) electrons. The van der Waals surface area contributed by atoms with Gasteiger partial charge >= 0.3 is 5.97 Å². The average molecular weight is 407 g/mol. The summed E-state index contributed by atoms with van der Waals surface area (Å²) >= 11 is 0. The molecular weight excluding hydrogens is 394 g/mol. The monoisotopic (exact) mass is 407 g/mol. The van der Waals surface area contributed by atoms with Gasteiger partial charge in [-0.2, -0.15) is 14.9 Å². The lowest BCUT2D eigenvalue weighted by molar-refractivity contribution is 0.0690. The van der Waals surface area contributed by atoms with E-state index in [0.29, 0.717) is 33.4 Å². The van der Waals surface area contributed by atoms with Gasteiger partial charge in [-0.1, -0.05) is 18.2 Å². The highest BCUT2D eigenvalue weighted by Crippen LogP contribution is 2.24. The van der Waals surface area contributed by atoms with Crippen molar-refractivity contribution in [3.05, 3.63) is 88.5 Å². The molecule has 0 saturated heterocycles. The Labute approximate surface area is 174 Å². The Hall–Kier alpha value is -4.77. The van der Waals surface area contributed by atoms with Crippen LogP contribution in [-0.2, 0) is 0 Å². The Balaban J connectivity index is 1.61. The topological polar surface area (TPSA) is 124 Å². The number of carbonyl (C=O) groups is 1. The Kier molecular flexibility index (Phi) is 4.08. The van der Waals surface area contributed by atoms with Gasteiger partial charge in [0.05, 0.1) is 28.2 Å². The van der Waals surface area contributed by atoms with Crippen LogP contribution in [0.25, 0.3) is 38.9 Å². The van der Waals surface area contributed by atoms with Gasteiger partial charge in [0, 0.05) is 17.8 Å². The number of hydrogen-bond acceptors (Lipinski definition) is 5. The molecule has 2 N–H and O–H groups in total. The van der Waals surface area contributed by atoms with Crippen molar-refractivity contribution >= 4 is 22.5 Å². The second-order valence-electron chi connectivity index (χ2n) is 6.94. The lowest BCUT2D eigenvalue weighted by Gasteiger charge is -2.05. The van der Waals surface area contributed by atoms with Crippen molar-refractivity contribution in [1.29, 1.82) is 5.26 Å². The summed E-state index contributed by atoms with van der Waals surface area (Å²) in [6.07, 6.45) is 1.42. The minimum atomic E-state index is -1.11. The second kappa shape index (κ2) is 6.93. The molecule has 0 saturated carbocycles. The van der Waals surface area contributed by atoms with Crippen molar-refractivity contribution in [2.75, 3.05) is 0 Å². The van der Waals surface area contributed by atoms with Crippen LogP contribution in [0.15, 0.2) is 71.7 Å². The maximum Gasteiger partial charge on any atom is 0.354 e. The van der Waals surface area contributed by atoms with Crippen molar-refractivity contribution in [1.82, 2.24) is 19.6 Å². The fourth-order valence-corrected chi connectivity index (χ4v) is 3.44. The fourth-order valence-electron chi connectivity index (χ4n) is 3.44. The van der Waals surface area contributed by atoms with Crippen LogP contribution in [0.4, 0.5) is 0 Å². The second-order valence-corrected chi connectivity index (χ2v) is 6.94. The number of rotatable bonds is 3. The lowest BCUT2D eigenvalue weighted by Crippen LogP contribution is -2.15. The summed E-state index contributed by atoms with van der Waals surface area (Å²) in [6.45, 7) is 0. The zero-order valence-corrected chi connectivity index (χ0v) is 15.9. The highest BCUT2D eigenvalue weighted by Gasteiger charge is 2.12. The number of benzene rings is 2. The van der Waals surface area contributed by atoms with Crippen LogP contribution in [0.1, 0.15) is 16.1 Å². The van der Waals surface area contributed by atoms with E-state index in [2.05, 4.69) is 21.1 Å². The zero-order valence-electron chi connectivity index (χ0n) is 15.9. The zero-order chi connectivity index (χ0) is 21.5. The number of carboxylic acids is 1. The van der Waals surface area contributed by atoms with Gasteiger partial charge in [0.25, 0.3) is 5.56 Å². The summed E-state index contributed by atoms with van der Waals surface area (Å²) in [4.78, 5) is 31.1. The summed E-state index contributed by atoms with van der Waals surface area (Å²) in [5.41, 5.74) is 4.35. The molecule has 0 bridgehead atoms. The third kappa shape index (κ3) is 3.10. The summed E-state index contributed by atoms with van der Waals surface area (Å²) in [6, 6.07) is 19.5. The van der Waals surface area contributed by atoms with Crippen LogP contribution >= 0.6 is 0 Å². The number of H-pyrrole nitrogens is 1. The van der Waals surface area contributed by atoms with Gasteiger partial charge < -0.3 is 10.1 Å². The molecule has 0 unspecified atom stereocenters. The molecular formula is C23H13N5O3. The average Bonchev–Trinajstić information content (AvgIpc) is 3.23. The molecule has 0 aliphatic rings. The van der Waals surface area contributed by atoms with E-state index in [1.807, 2.05) is 24.3 Å². The van der Waals surface area contributed by atoms with E-state index in [4.69, 9.17) is 10.4 Å². The van der Waals surface area contributed by atoms with E-state index in [9.17, 15) is 9.59 Å². The number of pyridine rings is 1. The molecule has 0 spiro atoms. The summed E-state index contributed by atoms with van der Waals surface area (Å²) in [7, 11) is 0. The number of hydrogen-bond donors (Lipinski definition) is 2. The Morgan fingerprint density at radius 2 is 1.74 bits per heavy atom. The number of aromatic nitrogens is 4. The number of carboxylic acid groups (broad SMARTS) is 1. The van der Waals surface area contributed by atoms with Crippen molar-refractivity contribution in [2.45, 2.75) is 0 Å². The molecule has 8 nitrogen and oxygen atoms in total. The van der Waals surface area contributed by atoms with Crippen LogP contribution in [-0.4, -0.2) is 30.7 Å². The van der Waals surface area contributed by atoms with Crippen molar-refractivity contribution in [3.8, 4) is 28.5 Å². The first-order valence-corrected chi connectivity index (χ1v) is 9.29. The number of fused-ring (bicyclic) bond motifs is 2. The number of nitriles is 1. The largest absolute Gasteiger partial charge is 0.477 e. The Morgan fingerprint density at radius 3 is 2.42 bits per heavy atom. The fraction of sp³-hybridized carbons (Fsp3) is 0. The third-order valence-electron chi connectivity index (χ3n) is 5.04. The highest BCUT2D eigenvalue weighted by molar-refractivity contribution is 5.86. The van der Waals surface area contributed by atoms with E-state index in [1.54, 1.807) is 30.3 Å². The highest BCUT2D eigenvalue weighted by atomic mass is 16.4. The molecule has 3 heterocycles. The molecule has 0 atom stereocenters. The molecule has 5 aromatic rings. The summed E-state index contributed by atoms with van der Waals surface area (Å²) in [5, 5.41) is 22.8. The normalized spacial score (nSPS) is 10.9. The lowest BCUT2D eigenvalue weighted by atomic mass is 10.0. The molecule has 0 amide bonds. The van der Waals surface area contributed by atoms with E-state index in [1.165, 1.54) is 16.8 Å². The van der Waals surface area contributed by atoms with Crippen molar-refractivity contribution in [2.24, 2.45) is 0 Å². The Bertz CT molecular complexity index is 1570. The molecule has 31 heavy (non-hydrogen) atoms. The molecule has 5 rings (SSSR count). The van der Waals surface area contributed by atoms with Crippen LogP contribution in [0.2, 0.25) is 0 Å². The number of aromatic carboxylic acids is 1. The third-order valence-corrected chi connectivity index (χ3v) is 5.04. The van der Waals surface area contributed by atoms with Crippen molar-refractivity contribution in [3.63, 3.8) is 0 Å². The van der Waals surface area contributed by atoms with Gasteiger partial charge in [0.2, 0.25) is 0 Å². The molecule has 0 fully saturated rings. The van der Waals surface area contributed by atoms with Gasteiger partial charge in [-0.15, -0.1) is 0 Å². The Morgan fingerprint density at radius 1 is 1.00 bits per heavy atom. The summed E-state index contributed by atoms with van der Waals surface area (Å²) in [5.74, 6) is -1.11. The van der Waals surface area contributed by atoms with Crippen LogP contribution in [0.5, 0.6) is 0 Å². The molecule has 3 aromatic heterocycles. The van der Waals surface area contributed by atoms with E-state index < -0.39 is 5.97 Å². The number of nitrogens with zero attached hydrogens (tertiary/aromatic N) is 4. The molecule has 0 aliphatic carbocycles. The predicted molar refractivity (Wildman–Crippen MR) is 114 cm³/mol. The van der Waals surface area contributed by atoms with E-state index in [-0.39, 0.29) is 11.3 Å². The van der Waals surface area contributed by atoms with Gasteiger partial charge in [0.1, 0.15) is 11.3 Å². The SMILES string of the molecule is N#Cc1ccc(-c2ccc3c(=O)n4nc(-c5ccc(C(=O)O)nc5)cc4[nH]c3c2)cc1. The smallest absolute Gasteiger partial charge is 0.354 e. The van der Waals surface area contributed by atoms with Gasteiger partial charge in [0.15, 0.2) is 0 Å². The predicted octanol–water partition coefficient (Wildman–Crippen LogP) is 3.47. The van der Waals surface area contributed by atoms with Gasteiger partial charge in [-0.3, -0.25) is 4.79 Å². The van der Waals surface area contributed by atoms with Crippen LogP contribution in [0.3, 0.4) is 0 Å².